The van der Waals surface area contributed by atoms with Crippen molar-refractivity contribution >= 4 is 18.3 Å². The monoisotopic (exact) mass is 218 g/mol. The van der Waals surface area contributed by atoms with Crippen molar-refractivity contribution in [2.45, 2.75) is 26.3 Å². The van der Waals surface area contributed by atoms with Crippen LogP contribution in [0.2, 0.25) is 0 Å². The maximum Gasteiger partial charge on any atom is 0.224 e. The average Bonchev–Trinajstić information content (AvgIpc) is 2.62. The Morgan fingerprint density at radius 2 is 1.93 bits per heavy atom. The van der Waals surface area contributed by atoms with Gasteiger partial charge in [-0.15, -0.1) is 12.4 Å². The number of hydrogen-bond acceptors (Lipinski definition) is 2. The second-order valence-corrected chi connectivity index (χ2v) is 4.57. The summed E-state index contributed by atoms with van der Waals surface area (Å²) < 4.78 is 0. The zero-order valence-electron chi connectivity index (χ0n) is 8.75. The van der Waals surface area contributed by atoms with Gasteiger partial charge in [0.15, 0.2) is 0 Å². The van der Waals surface area contributed by atoms with E-state index in [0.717, 1.165) is 13.1 Å². The van der Waals surface area contributed by atoms with Gasteiger partial charge in [0.05, 0.1) is 5.92 Å². The highest BCUT2D eigenvalue weighted by Gasteiger charge is 2.37. The Kier molecular flexibility index (Phi) is 3.78. The summed E-state index contributed by atoms with van der Waals surface area (Å²) in [6.45, 7) is 6.16. The highest BCUT2D eigenvalue weighted by atomic mass is 35.5. The van der Waals surface area contributed by atoms with Crippen molar-refractivity contribution in [3.63, 3.8) is 0 Å². The SMILES string of the molecule is CC1CC1NC(=O)[C@@H]1CNC[C@H]1C.Cl. The third-order valence-electron chi connectivity index (χ3n) is 3.29. The molecule has 0 spiro atoms. The summed E-state index contributed by atoms with van der Waals surface area (Å²) in [6, 6.07) is 0.472. The zero-order chi connectivity index (χ0) is 9.42. The van der Waals surface area contributed by atoms with E-state index in [1.165, 1.54) is 6.42 Å². The first-order valence-electron chi connectivity index (χ1n) is 5.19. The van der Waals surface area contributed by atoms with Gasteiger partial charge in [-0.3, -0.25) is 4.79 Å². The molecular formula is C10H19ClN2O. The highest BCUT2D eigenvalue weighted by Crippen LogP contribution is 2.29. The van der Waals surface area contributed by atoms with Crippen LogP contribution in [-0.4, -0.2) is 25.0 Å². The Morgan fingerprint density at radius 3 is 2.36 bits per heavy atom. The lowest BCUT2D eigenvalue weighted by molar-refractivity contribution is -0.125. The van der Waals surface area contributed by atoms with Crippen molar-refractivity contribution < 1.29 is 4.79 Å². The Balaban J connectivity index is 0.000000980. The van der Waals surface area contributed by atoms with Crippen LogP contribution >= 0.6 is 12.4 Å². The van der Waals surface area contributed by atoms with Gasteiger partial charge in [0, 0.05) is 12.6 Å². The molecule has 82 valence electrons. The summed E-state index contributed by atoms with van der Waals surface area (Å²) in [7, 11) is 0. The highest BCUT2D eigenvalue weighted by molar-refractivity contribution is 5.85. The van der Waals surface area contributed by atoms with Gasteiger partial charge in [-0.2, -0.15) is 0 Å². The Hall–Kier alpha value is -0.280. The van der Waals surface area contributed by atoms with Crippen molar-refractivity contribution in [2.75, 3.05) is 13.1 Å². The molecule has 3 nitrogen and oxygen atoms in total. The molecule has 2 rings (SSSR count). The van der Waals surface area contributed by atoms with Crippen molar-refractivity contribution in [3.8, 4) is 0 Å². The maximum atomic E-state index is 11.7. The van der Waals surface area contributed by atoms with Gasteiger partial charge in [-0.25, -0.2) is 0 Å². The molecule has 1 saturated carbocycles. The summed E-state index contributed by atoms with van der Waals surface area (Å²) in [4.78, 5) is 11.7. The Labute approximate surface area is 91.4 Å². The molecule has 1 aliphatic heterocycles. The summed E-state index contributed by atoms with van der Waals surface area (Å²) in [5, 5.41) is 6.34. The molecule has 0 aromatic rings. The van der Waals surface area contributed by atoms with Gasteiger partial charge < -0.3 is 10.6 Å². The van der Waals surface area contributed by atoms with Gasteiger partial charge in [-0.1, -0.05) is 13.8 Å². The number of carbonyl (C=O) groups is 1. The molecule has 1 amide bonds. The lowest BCUT2D eigenvalue weighted by Crippen LogP contribution is -2.36. The number of nitrogens with one attached hydrogen (secondary N) is 2. The predicted molar refractivity (Wildman–Crippen MR) is 58.5 cm³/mol. The number of hydrogen-bond donors (Lipinski definition) is 2. The topological polar surface area (TPSA) is 41.1 Å². The van der Waals surface area contributed by atoms with Crippen molar-refractivity contribution in [1.82, 2.24) is 10.6 Å². The molecule has 2 N–H and O–H groups in total. The van der Waals surface area contributed by atoms with Crippen LogP contribution in [-0.2, 0) is 4.79 Å². The van der Waals surface area contributed by atoms with Crippen LogP contribution < -0.4 is 10.6 Å². The second-order valence-electron chi connectivity index (χ2n) is 4.57. The normalized spacial score (nSPS) is 40.1. The van der Waals surface area contributed by atoms with Crippen LogP contribution in [0.5, 0.6) is 0 Å². The van der Waals surface area contributed by atoms with Crippen LogP contribution in [0.3, 0.4) is 0 Å². The van der Waals surface area contributed by atoms with E-state index < -0.39 is 0 Å². The molecule has 2 fully saturated rings. The lowest BCUT2D eigenvalue weighted by atomic mass is 9.97. The van der Waals surface area contributed by atoms with Crippen LogP contribution in [0.1, 0.15) is 20.3 Å². The third-order valence-corrected chi connectivity index (χ3v) is 3.29. The second kappa shape index (κ2) is 4.49. The molecule has 0 radical (unpaired) electrons. The van der Waals surface area contributed by atoms with E-state index in [1.807, 2.05) is 0 Å². The standard InChI is InChI=1S/C10H18N2O.ClH/c1-6-3-9(6)12-10(13)8-5-11-4-7(8)2;/h6-9,11H,3-5H2,1-2H3,(H,12,13);1H/t6?,7-,8-,9?;/m1./s1. The van der Waals surface area contributed by atoms with Gasteiger partial charge in [0.2, 0.25) is 5.91 Å². The van der Waals surface area contributed by atoms with E-state index >= 15 is 0 Å². The van der Waals surface area contributed by atoms with E-state index in [1.54, 1.807) is 0 Å². The fourth-order valence-corrected chi connectivity index (χ4v) is 1.97. The summed E-state index contributed by atoms with van der Waals surface area (Å²) in [5.74, 6) is 1.65. The molecule has 2 unspecified atom stereocenters. The molecule has 4 atom stereocenters. The van der Waals surface area contributed by atoms with E-state index in [9.17, 15) is 4.79 Å². The Morgan fingerprint density at radius 1 is 1.29 bits per heavy atom. The minimum atomic E-state index is 0. The number of halogens is 1. The maximum absolute atomic E-state index is 11.7. The number of amides is 1. The fourth-order valence-electron chi connectivity index (χ4n) is 1.97. The molecule has 0 aromatic carbocycles. The van der Waals surface area contributed by atoms with Crippen molar-refractivity contribution in [3.05, 3.63) is 0 Å². The van der Waals surface area contributed by atoms with Crippen molar-refractivity contribution in [1.29, 1.82) is 0 Å². The zero-order valence-corrected chi connectivity index (χ0v) is 9.56. The molecule has 14 heavy (non-hydrogen) atoms. The van der Waals surface area contributed by atoms with Crippen LogP contribution in [0, 0.1) is 17.8 Å². The summed E-state index contributed by atoms with van der Waals surface area (Å²) in [5.41, 5.74) is 0. The van der Waals surface area contributed by atoms with Gasteiger partial charge in [-0.05, 0) is 24.8 Å². The smallest absolute Gasteiger partial charge is 0.224 e. The minimum Gasteiger partial charge on any atom is -0.353 e. The van der Waals surface area contributed by atoms with Gasteiger partial charge in [0.25, 0.3) is 0 Å². The van der Waals surface area contributed by atoms with E-state index in [0.29, 0.717) is 17.9 Å². The summed E-state index contributed by atoms with van der Waals surface area (Å²) >= 11 is 0. The first-order valence-corrected chi connectivity index (χ1v) is 5.19. The summed E-state index contributed by atoms with van der Waals surface area (Å²) in [6.07, 6.45) is 1.17. The third kappa shape index (κ3) is 2.39. The fraction of sp³-hybridized carbons (Fsp3) is 0.900. The first kappa shape index (κ1) is 11.8. The van der Waals surface area contributed by atoms with Crippen LogP contribution in [0.4, 0.5) is 0 Å². The number of rotatable bonds is 2. The van der Waals surface area contributed by atoms with Gasteiger partial charge in [0.1, 0.15) is 0 Å². The van der Waals surface area contributed by atoms with Crippen LogP contribution in [0.15, 0.2) is 0 Å². The molecule has 2 aliphatic rings. The first-order chi connectivity index (χ1) is 6.18. The lowest BCUT2D eigenvalue weighted by Gasteiger charge is -2.13. The van der Waals surface area contributed by atoms with E-state index in [4.69, 9.17) is 0 Å². The largest absolute Gasteiger partial charge is 0.353 e. The minimum absolute atomic E-state index is 0. The van der Waals surface area contributed by atoms with Crippen molar-refractivity contribution in [2.24, 2.45) is 17.8 Å². The molecule has 1 heterocycles. The molecule has 1 saturated heterocycles. The van der Waals surface area contributed by atoms with E-state index in [2.05, 4.69) is 24.5 Å². The number of carbonyl (C=O) groups excluding carboxylic acids is 1. The molecular weight excluding hydrogens is 200 g/mol. The van der Waals surface area contributed by atoms with E-state index in [-0.39, 0.29) is 24.2 Å². The molecule has 4 heteroatoms. The molecule has 0 bridgehead atoms. The van der Waals surface area contributed by atoms with Gasteiger partial charge >= 0.3 is 0 Å². The Bertz CT molecular complexity index is 222. The van der Waals surface area contributed by atoms with Crippen LogP contribution in [0.25, 0.3) is 0 Å². The predicted octanol–water partition coefficient (Wildman–Crippen LogP) is 0.788. The molecule has 0 aromatic heterocycles. The quantitative estimate of drug-likeness (QED) is 0.720. The average molecular weight is 219 g/mol. The molecule has 1 aliphatic carbocycles.